The van der Waals surface area contributed by atoms with Crippen LogP contribution in [0, 0.1) is 0 Å². The Morgan fingerprint density at radius 2 is 1.78 bits per heavy atom. The zero-order chi connectivity index (χ0) is 13.0. The van der Waals surface area contributed by atoms with Crippen LogP contribution >= 0.6 is 0 Å². The minimum atomic E-state index is -0.320. The van der Waals surface area contributed by atoms with Crippen LogP contribution in [0.1, 0.15) is 45.4 Å². The fraction of sp³-hybridized carbons (Fsp3) is 0.929. The van der Waals surface area contributed by atoms with Crippen molar-refractivity contribution in [1.82, 2.24) is 9.80 Å². The van der Waals surface area contributed by atoms with Crippen LogP contribution < -0.4 is 0 Å². The summed E-state index contributed by atoms with van der Waals surface area (Å²) < 4.78 is 0. The number of hydrogen-bond donors (Lipinski definition) is 1. The second kappa shape index (κ2) is 6.53. The van der Waals surface area contributed by atoms with E-state index in [1.807, 2.05) is 11.8 Å². The molecule has 2 atom stereocenters. The van der Waals surface area contributed by atoms with Crippen molar-refractivity contribution in [2.24, 2.45) is 0 Å². The van der Waals surface area contributed by atoms with E-state index < -0.39 is 0 Å². The molecular weight excluding hydrogens is 228 g/mol. The largest absolute Gasteiger partial charge is 0.391 e. The van der Waals surface area contributed by atoms with E-state index >= 15 is 0 Å². The zero-order valence-corrected chi connectivity index (χ0v) is 11.5. The molecule has 2 fully saturated rings. The topological polar surface area (TPSA) is 43.8 Å². The number of aliphatic hydroxyl groups is 1. The highest BCUT2D eigenvalue weighted by molar-refractivity contribution is 5.81. The Labute approximate surface area is 110 Å². The van der Waals surface area contributed by atoms with Crippen molar-refractivity contribution >= 4 is 5.91 Å². The van der Waals surface area contributed by atoms with Gasteiger partial charge in [-0.05, 0) is 45.7 Å². The summed E-state index contributed by atoms with van der Waals surface area (Å²) >= 11 is 0. The Kier molecular flexibility index (Phi) is 5.01. The van der Waals surface area contributed by atoms with Crippen LogP contribution in [0.4, 0.5) is 0 Å². The van der Waals surface area contributed by atoms with Gasteiger partial charge in [-0.1, -0.05) is 12.8 Å². The van der Waals surface area contributed by atoms with Gasteiger partial charge in [0.15, 0.2) is 0 Å². The Bertz CT molecular complexity index is 275. The number of likely N-dealkylation sites (tertiary alicyclic amines) is 2. The van der Waals surface area contributed by atoms with Gasteiger partial charge in [0, 0.05) is 13.1 Å². The van der Waals surface area contributed by atoms with Gasteiger partial charge in [-0.15, -0.1) is 0 Å². The van der Waals surface area contributed by atoms with Gasteiger partial charge in [-0.25, -0.2) is 0 Å². The standard InChI is InChI=1S/C14H26N2O2/c1-12(15-8-4-2-3-5-9-15)14(18)16-10-6-7-13(17)11-16/h12-13,17H,2-11H2,1H3. The average Bonchev–Trinajstić information content (AvgIpc) is 2.66. The SMILES string of the molecule is CC(C(=O)N1CCCC(O)C1)N1CCCCCC1. The lowest BCUT2D eigenvalue weighted by Crippen LogP contribution is -2.51. The third-order valence-corrected chi connectivity index (χ3v) is 4.25. The molecule has 2 saturated heterocycles. The molecule has 0 aromatic carbocycles. The molecule has 4 heteroatoms. The highest BCUT2D eigenvalue weighted by atomic mass is 16.3. The fourth-order valence-corrected chi connectivity index (χ4v) is 3.06. The number of hydrogen-bond acceptors (Lipinski definition) is 3. The van der Waals surface area contributed by atoms with Crippen molar-refractivity contribution in [3.8, 4) is 0 Å². The van der Waals surface area contributed by atoms with E-state index in [1.165, 1.54) is 25.7 Å². The minimum Gasteiger partial charge on any atom is -0.391 e. The van der Waals surface area contributed by atoms with Gasteiger partial charge in [-0.3, -0.25) is 9.69 Å². The van der Waals surface area contributed by atoms with E-state index in [9.17, 15) is 9.90 Å². The number of nitrogens with zero attached hydrogens (tertiary/aromatic N) is 2. The molecule has 2 aliphatic rings. The van der Waals surface area contributed by atoms with Crippen LogP contribution in [0.5, 0.6) is 0 Å². The Balaban J connectivity index is 1.90. The maximum Gasteiger partial charge on any atom is 0.239 e. The van der Waals surface area contributed by atoms with Crippen LogP contribution in [0.2, 0.25) is 0 Å². The highest BCUT2D eigenvalue weighted by Crippen LogP contribution is 2.16. The molecule has 1 amide bonds. The van der Waals surface area contributed by atoms with E-state index in [0.29, 0.717) is 6.54 Å². The molecule has 4 nitrogen and oxygen atoms in total. The summed E-state index contributed by atoms with van der Waals surface area (Å²) in [7, 11) is 0. The van der Waals surface area contributed by atoms with Crippen LogP contribution in [-0.4, -0.2) is 59.1 Å². The van der Waals surface area contributed by atoms with E-state index in [4.69, 9.17) is 0 Å². The van der Waals surface area contributed by atoms with Crippen molar-refractivity contribution in [2.75, 3.05) is 26.2 Å². The molecule has 0 radical (unpaired) electrons. The maximum absolute atomic E-state index is 12.4. The van der Waals surface area contributed by atoms with Crippen molar-refractivity contribution < 1.29 is 9.90 Å². The summed E-state index contributed by atoms with van der Waals surface area (Å²) in [4.78, 5) is 16.6. The van der Waals surface area contributed by atoms with Crippen molar-refractivity contribution in [3.63, 3.8) is 0 Å². The summed E-state index contributed by atoms with van der Waals surface area (Å²) in [5.41, 5.74) is 0. The quantitative estimate of drug-likeness (QED) is 0.806. The molecule has 0 bridgehead atoms. The molecule has 0 saturated carbocycles. The lowest BCUT2D eigenvalue weighted by molar-refractivity contribution is -0.139. The predicted molar refractivity (Wildman–Crippen MR) is 71.3 cm³/mol. The molecule has 0 aromatic heterocycles. The summed E-state index contributed by atoms with van der Waals surface area (Å²) in [6.45, 7) is 5.45. The van der Waals surface area contributed by atoms with E-state index in [1.54, 1.807) is 0 Å². The lowest BCUT2D eigenvalue weighted by atomic mass is 10.1. The van der Waals surface area contributed by atoms with Crippen LogP contribution in [-0.2, 0) is 4.79 Å². The first-order valence-corrected chi connectivity index (χ1v) is 7.39. The number of aliphatic hydroxyl groups excluding tert-OH is 1. The number of piperidine rings is 1. The maximum atomic E-state index is 12.4. The third kappa shape index (κ3) is 3.45. The van der Waals surface area contributed by atoms with Gasteiger partial charge in [0.1, 0.15) is 0 Å². The van der Waals surface area contributed by atoms with Crippen molar-refractivity contribution in [2.45, 2.75) is 57.6 Å². The molecule has 2 unspecified atom stereocenters. The summed E-state index contributed by atoms with van der Waals surface area (Å²) in [6.07, 6.45) is 6.45. The molecule has 2 heterocycles. The number of carbonyl (C=O) groups is 1. The van der Waals surface area contributed by atoms with E-state index in [-0.39, 0.29) is 18.1 Å². The molecule has 0 aromatic rings. The zero-order valence-electron chi connectivity index (χ0n) is 11.5. The fourth-order valence-electron chi connectivity index (χ4n) is 3.06. The molecule has 0 aliphatic carbocycles. The second-order valence-corrected chi connectivity index (χ2v) is 5.71. The van der Waals surface area contributed by atoms with Gasteiger partial charge in [0.05, 0.1) is 12.1 Å². The number of carbonyl (C=O) groups excluding carboxylic acids is 1. The molecule has 2 rings (SSSR count). The van der Waals surface area contributed by atoms with Crippen molar-refractivity contribution in [1.29, 1.82) is 0 Å². The number of rotatable bonds is 2. The normalized spacial score (nSPS) is 28.8. The van der Waals surface area contributed by atoms with Crippen LogP contribution in [0.3, 0.4) is 0 Å². The molecular formula is C14H26N2O2. The average molecular weight is 254 g/mol. The molecule has 2 aliphatic heterocycles. The van der Waals surface area contributed by atoms with Crippen LogP contribution in [0.25, 0.3) is 0 Å². The Morgan fingerprint density at radius 1 is 1.11 bits per heavy atom. The summed E-state index contributed by atoms with van der Waals surface area (Å²) in [6, 6.07) is -0.0200. The lowest BCUT2D eigenvalue weighted by Gasteiger charge is -2.35. The van der Waals surface area contributed by atoms with Gasteiger partial charge in [-0.2, -0.15) is 0 Å². The van der Waals surface area contributed by atoms with Crippen molar-refractivity contribution in [3.05, 3.63) is 0 Å². The summed E-state index contributed by atoms with van der Waals surface area (Å²) in [5, 5.41) is 9.66. The monoisotopic (exact) mass is 254 g/mol. The van der Waals surface area contributed by atoms with Gasteiger partial charge in [0.25, 0.3) is 0 Å². The van der Waals surface area contributed by atoms with Gasteiger partial charge < -0.3 is 10.0 Å². The second-order valence-electron chi connectivity index (χ2n) is 5.71. The van der Waals surface area contributed by atoms with Crippen LogP contribution in [0.15, 0.2) is 0 Å². The van der Waals surface area contributed by atoms with E-state index in [2.05, 4.69) is 4.90 Å². The van der Waals surface area contributed by atoms with Gasteiger partial charge >= 0.3 is 0 Å². The number of β-amino-alcohol motifs (C(OH)–C–C–N with tert-alkyl or cyclic N) is 1. The minimum absolute atomic E-state index is 0.0200. The first-order chi connectivity index (χ1) is 8.68. The molecule has 1 N–H and O–H groups in total. The number of amides is 1. The first-order valence-electron chi connectivity index (χ1n) is 7.39. The molecule has 18 heavy (non-hydrogen) atoms. The van der Waals surface area contributed by atoms with Gasteiger partial charge in [0.2, 0.25) is 5.91 Å². The first kappa shape index (κ1) is 13.8. The smallest absolute Gasteiger partial charge is 0.239 e. The molecule has 0 spiro atoms. The summed E-state index contributed by atoms with van der Waals surface area (Å²) in [5.74, 6) is 0.204. The Hall–Kier alpha value is -0.610. The predicted octanol–water partition coefficient (Wildman–Crippen LogP) is 1.23. The highest BCUT2D eigenvalue weighted by Gasteiger charge is 2.29. The Morgan fingerprint density at radius 3 is 2.39 bits per heavy atom. The third-order valence-electron chi connectivity index (χ3n) is 4.25. The van der Waals surface area contributed by atoms with E-state index in [0.717, 1.165) is 32.5 Å². The molecule has 104 valence electrons.